The van der Waals surface area contributed by atoms with Gasteiger partial charge < -0.3 is 25.2 Å². The zero-order valence-electron chi connectivity index (χ0n) is 40.8. The zero-order chi connectivity index (χ0) is 53.4. The quantitative estimate of drug-likeness (QED) is 0.0467. The summed E-state index contributed by atoms with van der Waals surface area (Å²) in [4.78, 5) is 61.6. The van der Waals surface area contributed by atoms with Crippen molar-refractivity contribution in [2.45, 2.75) is 0 Å². The van der Waals surface area contributed by atoms with Gasteiger partial charge in [0.15, 0.2) is 0 Å². The number of aromatic amines is 2. The molecule has 0 saturated carbocycles. The molecule has 0 aliphatic carbocycles. The summed E-state index contributed by atoms with van der Waals surface area (Å²) in [5.41, 5.74) is 15.2. The highest BCUT2D eigenvalue weighted by molar-refractivity contribution is 6.08. The number of nitrogens with zero attached hydrogens (tertiary/aromatic N) is 10. The van der Waals surface area contributed by atoms with Crippen LogP contribution < -0.4 is 22.4 Å². The Balaban J connectivity index is 0.000000130. The number of hydrogen-bond acceptors (Lipinski definition) is 10. The lowest BCUT2D eigenvalue weighted by Crippen LogP contribution is -2.21. The molecule has 12 aromatic rings. The van der Waals surface area contributed by atoms with Crippen molar-refractivity contribution in [3.8, 4) is 35.3 Å². The number of H-pyrrole nitrogens is 2. The lowest BCUT2D eigenvalue weighted by atomic mass is 10.2. The van der Waals surface area contributed by atoms with Crippen molar-refractivity contribution in [3.63, 3.8) is 0 Å². The minimum atomic E-state index is -0.500. The topological polar surface area (TPSA) is 259 Å². The molecule has 18 heteroatoms. The predicted octanol–water partition coefficient (Wildman–Crippen LogP) is 9.75. The Bertz CT molecular complexity index is 4650. The summed E-state index contributed by atoms with van der Waals surface area (Å²) in [6.07, 6.45) is 1.72. The lowest BCUT2D eigenvalue weighted by Gasteiger charge is -2.10. The lowest BCUT2D eigenvalue weighted by molar-refractivity contribution is -0.384. The minimum Gasteiger partial charge on any atom is -0.399 e. The predicted molar refractivity (Wildman–Crippen MR) is 296 cm³/mol. The molecule has 6 aromatic carbocycles. The van der Waals surface area contributed by atoms with Gasteiger partial charge in [0.1, 0.15) is 34.9 Å². The van der Waals surface area contributed by atoms with Crippen LogP contribution in [0, 0.1) is 44.1 Å². The van der Waals surface area contributed by atoms with Gasteiger partial charge in [-0.25, -0.2) is 4.99 Å². The van der Waals surface area contributed by atoms with Crippen molar-refractivity contribution >= 4 is 89.2 Å². The molecular weight excluding hydrogens is 959 g/mol. The number of hydrogen-bond donors (Lipinski definition) is 3. The number of nitrogens with one attached hydrogen (secondary N) is 2. The Morgan fingerprint density at radius 3 is 1.45 bits per heavy atom. The van der Waals surface area contributed by atoms with Crippen LogP contribution in [0.1, 0.15) is 16.7 Å². The fourth-order valence-electron chi connectivity index (χ4n) is 9.25. The van der Waals surface area contributed by atoms with E-state index in [-0.39, 0.29) is 33.5 Å². The first kappa shape index (κ1) is 48.3. The number of nitro benzene ring substituents is 1. The monoisotopic (exact) mass is 999 g/mol. The number of aryl methyl sites for hydroxylation is 1. The number of pyridine rings is 3. The molecule has 0 fully saturated rings. The number of nitriles is 3. The van der Waals surface area contributed by atoms with Gasteiger partial charge in [-0.15, -0.1) is 0 Å². The molecule has 4 N–H and O–H groups in total. The third-order valence-electron chi connectivity index (χ3n) is 12.7. The van der Waals surface area contributed by atoms with Gasteiger partial charge in [0.05, 0.1) is 55.6 Å². The fourth-order valence-corrected chi connectivity index (χ4v) is 9.25. The molecule has 0 bridgehead atoms. The highest BCUT2D eigenvalue weighted by Crippen LogP contribution is 2.31. The van der Waals surface area contributed by atoms with Crippen LogP contribution in [-0.4, -0.2) is 58.5 Å². The fraction of sp³-hybridized carbons (Fsp3) is 0.0517. The molecule has 0 aliphatic rings. The Hall–Kier alpha value is -11.3. The van der Waals surface area contributed by atoms with Crippen LogP contribution in [-0.2, 0) is 7.05 Å². The van der Waals surface area contributed by atoms with Gasteiger partial charge in [-0.3, -0.25) is 38.2 Å². The molecule has 6 heterocycles. The van der Waals surface area contributed by atoms with Gasteiger partial charge in [-0.1, -0.05) is 54.6 Å². The molecule has 6 aromatic heterocycles. The second kappa shape index (κ2) is 19.7. The maximum Gasteiger partial charge on any atom is 0.273 e. The molecule has 18 nitrogen and oxygen atoms in total. The number of rotatable bonds is 6. The SMILES string of the molecule is CN(C)C=Nc1ccc(-n2c(=O)c(C#N)cc3c2c2ccccc2n3C)cc1.N#Cc1cc2[nH]c3ccccc3c2n(-c2ccc(N)cc2)c1=O.N#Cc1cc2[nH]c3ccccc3c2n(-c2ccc([N+](=O)[O-])cc2)c1=O. The molecule has 0 amide bonds. The molecule has 368 valence electrons. The average Bonchev–Trinajstić information content (AvgIpc) is 4.12. The first-order chi connectivity index (χ1) is 36.8. The number of aromatic nitrogens is 6. The summed E-state index contributed by atoms with van der Waals surface area (Å²) < 4.78 is 6.61. The van der Waals surface area contributed by atoms with E-state index in [0.29, 0.717) is 33.8 Å². The summed E-state index contributed by atoms with van der Waals surface area (Å²) >= 11 is 0. The molecule has 0 saturated heterocycles. The van der Waals surface area contributed by atoms with Crippen LogP contribution in [0.4, 0.5) is 17.1 Å². The van der Waals surface area contributed by atoms with E-state index in [1.165, 1.54) is 34.9 Å². The summed E-state index contributed by atoms with van der Waals surface area (Å²) in [7, 11) is 5.75. The molecule has 0 aliphatic heterocycles. The molecule has 12 rings (SSSR count). The van der Waals surface area contributed by atoms with E-state index in [4.69, 9.17) is 5.73 Å². The number of para-hydroxylation sites is 3. The van der Waals surface area contributed by atoms with E-state index in [0.717, 1.165) is 60.5 Å². The van der Waals surface area contributed by atoms with Gasteiger partial charge >= 0.3 is 0 Å². The van der Waals surface area contributed by atoms with E-state index >= 15 is 0 Å². The Labute approximate surface area is 430 Å². The van der Waals surface area contributed by atoms with Crippen molar-refractivity contribution < 1.29 is 4.92 Å². The maximum atomic E-state index is 13.1. The van der Waals surface area contributed by atoms with Gasteiger partial charge in [-0.05, 0) is 97.1 Å². The molecule has 76 heavy (non-hydrogen) atoms. The largest absolute Gasteiger partial charge is 0.399 e. The molecule has 0 atom stereocenters. The van der Waals surface area contributed by atoms with Crippen molar-refractivity contribution in [3.05, 3.63) is 222 Å². The Kier molecular flexibility index (Phi) is 12.5. The van der Waals surface area contributed by atoms with E-state index in [9.17, 15) is 40.3 Å². The van der Waals surface area contributed by atoms with Gasteiger partial charge in [0, 0.05) is 83.2 Å². The maximum absolute atomic E-state index is 13.1. The minimum absolute atomic E-state index is 0.00240. The first-order valence-electron chi connectivity index (χ1n) is 23.4. The first-order valence-corrected chi connectivity index (χ1v) is 23.4. The third-order valence-corrected chi connectivity index (χ3v) is 12.7. The van der Waals surface area contributed by atoms with E-state index in [1.807, 2.05) is 146 Å². The standard InChI is InChI=1S/C22H19N5O.C18H10N4O3.C18H12N4O/c1-25(2)14-24-16-8-10-17(11-9-16)27-21-18-6-4-5-7-19(18)26(3)20(21)12-15(13-23)22(27)28;19-10-11-9-16-17(14-3-1-2-4-15(14)20-16)21(18(11)23)12-5-7-13(8-6-12)22(24)25;19-10-11-9-16-17(14-3-1-2-4-15(14)21-16)22(18(11)23)13-7-5-12(20)6-8-13/h4-12,14H,1-3H3;1-9,20H;1-9,21H,20H2. The smallest absolute Gasteiger partial charge is 0.273 e. The van der Waals surface area contributed by atoms with Crippen molar-refractivity contribution in [1.82, 2.24) is 33.1 Å². The number of fused-ring (bicyclic) bond motifs is 9. The molecule has 0 unspecified atom stereocenters. The van der Waals surface area contributed by atoms with Crippen molar-refractivity contribution in [1.29, 1.82) is 15.8 Å². The second-order valence-corrected chi connectivity index (χ2v) is 17.7. The number of nitrogens with two attached hydrogens (primary N) is 1. The normalized spacial score (nSPS) is 11.1. The van der Waals surface area contributed by atoms with E-state index in [2.05, 4.69) is 15.0 Å². The van der Waals surface area contributed by atoms with Crippen LogP contribution in [0.5, 0.6) is 0 Å². The third kappa shape index (κ3) is 8.59. The Morgan fingerprint density at radius 2 is 0.974 bits per heavy atom. The van der Waals surface area contributed by atoms with E-state index < -0.39 is 10.5 Å². The highest BCUT2D eigenvalue weighted by Gasteiger charge is 2.20. The van der Waals surface area contributed by atoms with Crippen LogP contribution >= 0.6 is 0 Å². The summed E-state index contributed by atoms with van der Waals surface area (Å²) in [5, 5.41) is 41.6. The Morgan fingerprint density at radius 1 is 0.553 bits per heavy atom. The number of nitro groups is 1. The number of benzene rings is 6. The van der Waals surface area contributed by atoms with Crippen LogP contribution in [0.2, 0.25) is 0 Å². The van der Waals surface area contributed by atoms with Crippen molar-refractivity contribution in [2.75, 3.05) is 19.8 Å². The van der Waals surface area contributed by atoms with Crippen LogP contribution in [0.3, 0.4) is 0 Å². The number of non-ortho nitro benzene ring substituents is 1. The number of nitrogen functional groups attached to an aromatic ring is 1. The number of aliphatic imine (C=N–C) groups is 1. The summed E-state index contributed by atoms with van der Waals surface area (Å²) in [5.74, 6) is 0. The van der Waals surface area contributed by atoms with Crippen LogP contribution in [0.15, 0.2) is 183 Å². The molecular formula is C58H41N13O5. The average molecular weight is 1000 g/mol. The van der Waals surface area contributed by atoms with Crippen molar-refractivity contribution in [2.24, 2.45) is 12.0 Å². The second-order valence-electron chi connectivity index (χ2n) is 17.7. The summed E-state index contributed by atoms with van der Waals surface area (Å²) in [6, 6.07) is 54.0. The highest BCUT2D eigenvalue weighted by atomic mass is 16.6. The van der Waals surface area contributed by atoms with E-state index in [1.54, 1.807) is 51.9 Å². The van der Waals surface area contributed by atoms with Gasteiger partial charge in [0.25, 0.3) is 22.4 Å². The zero-order valence-corrected chi connectivity index (χ0v) is 40.8. The molecule has 0 radical (unpaired) electrons. The molecule has 0 spiro atoms. The van der Waals surface area contributed by atoms with Gasteiger partial charge in [-0.2, -0.15) is 15.8 Å². The summed E-state index contributed by atoms with van der Waals surface area (Å²) in [6.45, 7) is 0. The van der Waals surface area contributed by atoms with Crippen LogP contribution in [0.25, 0.3) is 82.9 Å². The van der Waals surface area contributed by atoms with Gasteiger partial charge in [0.2, 0.25) is 0 Å². The number of anilines is 1.